The third kappa shape index (κ3) is 5.00. The molecule has 1 unspecified atom stereocenters. The number of hydrogen-bond acceptors (Lipinski definition) is 3. The summed E-state index contributed by atoms with van der Waals surface area (Å²) in [6.07, 6.45) is 3.74. The Hall–Kier alpha value is -2.63. The molecule has 0 spiro atoms. The molecule has 1 aromatic heterocycles. The van der Waals surface area contributed by atoms with Crippen LogP contribution in [0.25, 0.3) is 0 Å². The van der Waals surface area contributed by atoms with Gasteiger partial charge < -0.3 is 9.67 Å². The molecule has 0 saturated heterocycles. The van der Waals surface area contributed by atoms with Crippen LogP contribution >= 0.6 is 23.2 Å². The van der Waals surface area contributed by atoms with Crippen molar-refractivity contribution in [2.75, 3.05) is 0 Å². The molecule has 0 saturated carbocycles. The van der Waals surface area contributed by atoms with E-state index in [0.29, 0.717) is 34.3 Å². The van der Waals surface area contributed by atoms with Gasteiger partial charge >= 0.3 is 5.97 Å². The van der Waals surface area contributed by atoms with Crippen molar-refractivity contribution in [3.63, 3.8) is 0 Å². The molecule has 3 rings (SSSR count). The number of halogens is 2. The van der Waals surface area contributed by atoms with Gasteiger partial charge in [-0.15, -0.1) is 0 Å². The van der Waals surface area contributed by atoms with Gasteiger partial charge in [0.05, 0.1) is 29.4 Å². The predicted molar refractivity (Wildman–Crippen MR) is 108 cm³/mol. The van der Waals surface area contributed by atoms with Crippen molar-refractivity contribution in [2.45, 2.75) is 25.3 Å². The number of Topliss-reactive ketones (excluding diaryl/α,β-unsaturated/α-hetero) is 1. The maximum absolute atomic E-state index is 13.3. The number of carbonyl (C=O) groups is 2. The molecule has 1 N–H and O–H groups in total. The van der Waals surface area contributed by atoms with Gasteiger partial charge in [-0.25, -0.2) is 4.98 Å². The fourth-order valence-electron chi connectivity index (χ4n) is 2.98. The number of imidazole rings is 1. The summed E-state index contributed by atoms with van der Waals surface area (Å²) in [5.74, 6) is -1.46. The Morgan fingerprint density at radius 1 is 1.11 bits per heavy atom. The van der Waals surface area contributed by atoms with Crippen molar-refractivity contribution in [3.05, 3.63) is 87.9 Å². The number of hydrogen-bond donors (Lipinski definition) is 1. The van der Waals surface area contributed by atoms with Crippen LogP contribution in [0.1, 0.15) is 34.0 Å². The zero-order valence-corrected chi connectivity index (χ0v) is 16.4. The molecule has 3 aromatic rings. The lowest BCUT2D eigenvalue weighted by Crippen LogP contribution is -2.19. The third-order valence-electron chi connectivity index (χ3n) is 4.39. The number of rotatable bonds is 8. The molecule has 0 bridgehead atoms. The molecule has 0 amide bonds. The molecular weight excluding hydrogens is 399 g/mol. The minimum Gasteiger partial charge on any atom is -0.481 e. The largest absolute Gasteiger partial charge is 0.481 e. The summed E-state index contributed by atoms with van der Waals surface area (Å²) >= 11 is 12.2. The summed E-state index contributed by atoms with van der Waals surface area (Å²) in [4.78, 5) is 28.2. The average Bonchev–Trinajstić information content (AvgIpc) is 3.12. The standard InChI is InChI=1S/C21H18Cl2N2O3/c22-15-6-8-17(19(23)10-15)21(28)18(14-4-2-1-3-5-14)12-25-11-16(24-13-25)7-9-20(26)27/h1-6,8,10-11,13,18H,7,9,12H2,(H,26,27). The van der Waals surface area contributed by atoms with E-state index in [9.17, 15) is 9.59 Å². The van der Waals surface area contributed by atoms with E-state index in [1.165, 1.54) is 0 Å². The number of carboxylic acid groups (broad SMARTS) is 1. The van der Waals surface area contributed by atoms with E-state index >= 15 is 0 Å². The van der Waals surface area contributed by atoms with Crippen molar-refractivity contribution in [3.8, 4) is 0 Å². The highest BCUT2D eigenvalue weighted by Crippen LogP contribution is 2.28. The van der Waals surface area contributed by atoms with Crippen molar-refractivity contribution < 1.29 is 14.7 Å². The molecular formula is C21H18Cl2N2O3. The van der Waals surface area contributed by atoms with E-state index in [4.69, 9.17) is 28.3 Å². The van der Waals surface area contributed by atoms with Crippen LogP contribution in [-0.4, -0.2) is 26.4 Å². The number of carboxylic acids is 1. The first-order valence-electron chi connectivity index (χ1n) is 8.70. The zero-order chi connectivity index (χ0) is 20.1. The topological polar surface area (TPSA) is 72.2 Å². The Bertz CT molecular complexity index is 986. The second kappa shape index (κ2) is 9.04. The van der Waals surface area contributed by atoms with Crippen molar-refractivity contribution in [1.82, 2.24) is 9.55 Å². The normalized spacial score (nSPS) is 11.9. The maximum atomic E-state index is 13.3. The highest BCUT2D eigenvalue weighted by molar-refractivity contribution is 6.37. The highest BCUT2D eigenvalue weighted by atomic mass is 35.5. The smallest absolute Gasteiger partial charge is 0.303 e. The van der Waals surface area contributed by atoms with E-state index < -0.39 is 11.9 Å². The van der Waals surface area contributed by atoms with Crippen LogP contribution in [0.2, 0.25) is 10.0 Å². The Morgan fingerprint density at radius 3 is 2.54 bits per heavy atom. The van der Waals surface area contributed by atoms with Gasteiger partial charge in [-0.3, -0.25) is 9.59 Å². The summed E-state index contributed by atoms with van der Waals surface area (Å²) in [6, 6.07) is 14.3. The minimum absolute atomic E-state index is 0.0123. The van der Waals surface area contributed by atoms with E-state index in [2.05, 4.69) is 4.98 Å². The molecule has 144 valence electrons. The van der Waals surface area contributed by atoms with E-state index in [1.807, 2.05) is 30.3 Å². The van der Waals surface area contributed by atoms with Crippen molar-refractivity contribution in [1.29, 1.82) is 0 Å². The molecule has 1 heterocycles. The SMILES string of the molecule is O=C(O)CCc1cn(CC(C(=O)c2ccc(Cl)cc2Cl)c2ccccc2)cn1. The molecule has 1 atom stereocenters. The second-order valence-corrected chi connectivity index (χ2v) is 7.25. The lowest BCUT2D eigenvalue weighted by Gasteiger charge is -2.18. The minimum atomic E-state index is -0.871. The predicted octanol–water partition coefficient (Wildman–Crippen LogP) is 4.87. The Kier molecular flexibility index (Phi) is 6.49. The lowest BCUT2D eigenvalue weighted by molar-refractivity contribution is -0.136. The van der Waals surface area contributed by atoms with Crippen LogP contribution in [0.3, 0.4) is 0 Å². The third-order valence-corrected chi connectivity index (χ3v) is 4.94. The summed E-state index contributed by atoms with van der Waals surface area (Å²) in [5.41, 5.74) is 1.94. The number of ketones is 1. The van der Waals surface area contributed by atoms with Crippen molar-refractivity contribution in [2.24, 2.45) is 0 Å². The quantitative estimate of drug-likeness (QED) is 0.531. The highest BCUT2D eigenvalue weighted by Gasteiger charge is 2.24. The molecule has 0 aliphatic heterocycles. The first-order valence-corrected chi connectivity index (χ1v) is 9.46. The molecule has 28 heavy (non-hydrogen) atoms. The molecule has 0 fully saturated rings. The van der Waals surface area contributed by atoms with Gasteiger partial charge in [0.25, 0.3) is 0 Å². The number of benzene rings is 2. The average molecular weight is 417 g/mol. The van der Waals surface area contributed by atoms with Gasteiger partial charge in [0.2, 0.25) is 0 Å². The number of nitrogens with zero attached hydrogens (tertiary/aromatic N) is 2. The first-order chi connectivity index (χ1) is 13.4. The number of aliphatic carboxylic acids is 1. The fourth-order valence-corrected chi connectivity index (χ4v) is 3.48. The lowest BCUT2D eigenvalue weighted by atomic mass is 9.90. The number of aromatic nitrogens is 2. The molecule has 0 radical (unpaired) electrons. The summed E-state index contributed by atoms with van der Waals surface area (Å²) < 4.78 is 1.80. The summed E-state index contributed by atoms with van der Waals surface area (Å²) in [7, 11) is 0. The molecule has 2 aromatic carbocycles. The molecule has 5 nitrogen and oxygen atoms in total. The van der Waals surface area contributed by atoms with Gasteiger partial charge in [0.1, 0.15) is 0 Å². The zero-order valence-electron chi connectivity index (χ0n) is 14.9. The van der Waals surface area contributed by atoms with Gasteiger partial charge in [0, 0.05) is 29.7 Å². The van der Waals surface area contributed by atoms with Crippen LogP contribution in [0.5, 0.6) is 0 Å². The summed E-state index contributed by atoms with van der Waals surface area (Å²) in [5, 5.41) is 9.60. The van der Waals surface area contributed by atoms with E-state index in [0.717, 1.165) is 5.56 Å². The van der Waals surface area contributed by atoms with Gasteiger partial charge in [-0.1, -0.05) is 53.5 Å². The number of aryl methyl sites for hydroxylation is 1. The Morgan fingerprint density at radius 2 is 1.86 bits per heavy atom. The molecule has 0 aliphatic rings. The van der Waals surface area contributed by atoms with E-state index in [1.54, 1.807) is 35.3 Å². The van der Waals surface area contributed by atoms with Gasteiger partial charge in [0.15, 0.2) is 5.78 Å². The first kappa shape index (κ1) is 20.1. The molecule has 0 aliphatic carbocycles. The van der Waals surface area contributed by atoms with E-state index in [-0.39, 0.29) is 12.2 Å². The van der Waals surface area contributed by atoms with Crippen molar-refractivity contribution >= 4 is 35.0 Å². The van der Waals surface area contributed by atoms with Crippen LogP contribution in [-0.2, 0) is 17.8 Å². The summed E-state index contributed by atoms with van der Waals surface area (Å²) in [6.45, 7) is 0.363. The van der Waals surface area contributed by atoms with Crippen LogP contribution in [0, 0.1) is 0 Å². The molecule has 7 heteroatoms. The van der Waals surface area contributed by atoms with Gasteiger partial charge in [-0.2, -0.15) is 0 Å². The maximum Gasteiger partial charge on any atom is 0.303 e. The van der Waals surface area contributed by atoms with Crippen LogP contribution in [0.4, 0.5) is 0 Å². The fraction of sp³-hybridized carbons (Fsp3) is 0.190. The Balaban J connectivity index is 1.88. The van der Waals surface area contributed by atoms with Crippen LogP contribution in [0.15, 0.2) is 61.1 Å². The Labute approximate surface area is 172 Å². The second-order valence-electron chi connectivity index (χ2n) is 6.41. The van der Waals surface area contributed by atoms with Crippen LogP contribution < -0.4 is 0 Å². The number of carbonyl (C=O) groups excluding carboxylic acids is 1. The van der Waals surface area contributed by atoms with Gasteiger partial charge in [-0.05, 0) is 23.8 Å². The monoisotopic (exact) mass is 416 g/mol.